The quantitative estimate of drug-likeness (QED) is 0.346. The van der Waals surface area contributed by atoms with Crippen molar-refractivity contribution in [1.29, 1.82) is 0 Å². The summed E-state index contributed by atoms with van der Waals surface area (Å²) < 4.78 is 37.7. The van der Waals surface area contributed by atoms with E-state index >= 15 is 0 Å². The summed E-state index contributed by atoms with van der Waals surface area (Å²) in [6.45, 7) is 0. The van der Waals surface area contributed by atoms with E-state index in [9.17, 15) is 23.1 Å². The minimum Gasteiger partial charge on any atom is -0.755 e. The molecule has 1 amide bonds. The van der Waals surface area contributed by atoms with E-state index in [-0.39, 0.29) is 28.7 Å². The number of phenolic OH excluding ortho intramolecular Hbond substituents is 1. The van der Waals surface area contributed by atoms with Crippen LogP contribution in [0.15, 0.2) is 84.9 Å². The zero-order valence-electron chi connectivity index (χ0n) is 16.0. The van der Waals surface area contributed by atoms with Gasteiger partial charge in [-0.05, 0) is 65.4 Å². The molecule has 0 aliphatic rings. The van der Waals surface area contributed by atoms with Crippen molar-refractivity contribution >= 4 is 45.0 Å². The lowest BCUT2D eigenvalue weighted by Gasteiger charge is -2.27. The summed E-state index contributed by atoms with van der Waals surface area (Å²) in [5.41, 5.74) is 0.749. The van der Waals surface area contributed by atoms with E-state index in [1.54, 1.807) is 12.1 Å². The summed E-state index contributed by atoms with van der Waals surface area (Å²) >= 11 is -2.81. The number of hydrogen-bond acceptors (Lipinski definition) is 4. The number of halogens is 1. The molecule has 0 bridgehead atoms. The number of nitrogens with zero attached hydrogens (tertiary/aromatic N) is 1. The second-order valence-corrected chi connectivity index (χ2v) is 7.51. The van der Waals surface area contributed by atoms with Crippen LogP contribution in [0.3, 0.4) is 0 Å². The van der Waals surface area contributed by atoms with Crippen LogP contribution >= 0.6 is 0 Å². The van der Waals surface area contributed by atoms with Crippen molar-refractivity contribution in [2.24, 2.45) is 0 Å². The number of phenols is 1. The van der Waals surface area contributed by atoms with Crippen molar-refractivity contribution in [3.8, 4) is 5.75 Å². The standard InChI is InChI=1S/C23H17FN2O4S/c24-18-7-10-20(11-8-18)26(31(29)30)21-14-19(9-12-22(21)27)25-23(28)17-6-5-15-3-1-2-4-16(15)13-17/h1-14,27H,(H,25,28)(H,29,30)/p-1. The van der Waals surface area contributed by atoms with Crippen LogP contribution in [-0.4, -0.2) is 19.8 Å². The van der Waals surface area contributed by atoms with Crippen molar-refractivity contribution < 1.29 is 23.1 Å². The smallest absolute Gasteiger partial charge is 0.255 e. The molecular formula is C23H16FN2O4S-. The average Bonchev–Trinajstić information content (AvgIpc) is 2.76. The third-order valence-corrected chi connectivity index (χ3v) is 5.38. The molecule has 4 aromatic carbocycles. The third kappa shape index (κ3) is 4.40. The van der Waals surface area contributed by atoms with Crippen LogP contribution < -0.4 is 9.62 Å². The molecule has 8 heteroatoms. The highest BCUT2D eigenvalue weighted by Gasteiger charge is 2.17. The Bertz CT molecular complexity index is 1290. The third-order valence-electron chi connectivity index (χ3n) is 4.67. The van der Waals surface area contributed by atoms with Crippen LogP contribution in [0.25, 0.3) is 10.8 Å². The van der Waals surface area contributed by atoms with Crippen molar-refractivity contribution in [2.75, 3.05) is 9.62 Å². The van der Waals surface area contributed by atoms with Gasteiger partial charge in [0.05, 0.1) is 22.6 Å². The number of aromatic hydroxyl groups is 1. The number of carbonyl (C=O) groups excluding carboxylic acids is 1. The molecule has 2 N–H and O–H groups in total. The summed E-state index contributed by atoms with van der Waals surface area (Å²) in [4.78, 5) is 12.7. The highest BCUT2D eigenvalue weighted by atomic mass is 32.2. The lowest BCUT2D eigenvalue weighted by molar-refractivity contribution is 0.102. The SMILES string of the molecule is O=C(Nc1ccc(O)c(N(c2ccc(F)cc2)S(=O)[O-])c1)c1ccc2ccccc2c1. The Labute approximate surface area is 180 Å². The molecule has 0 radical (unpaired) electrons. The van der Waals surface area contributed by atoms with Crippen molar-refractivity contribution in [3.05, 3.63) is 96.3 Å². The van der Waals surface area contributed by atoms with Crippen LogP contribution in [-0.2, 0) is 11.3 Å². The number of benzene rings is 4. The van der Waals surface area contributed by atoms with Gasteiger partial charge in [0.25, 0.3) is 5.91 Å². The van der Waals surface area contributed by atoms with Crippen molar-refractivity contribution in [1.82, 2.24) is 0 Å². The second-order valence-electron chi connectivity index (χ2n) is 6.71. The first-order valence-electron chi connectivity index (χ1n) is 9.20. The highest BCUT2D eigenvalue weighted by Crippen LogP contribution is 2.36. The fourth-order valence-electron chi connectivity index (χ4n) is 3.18. The molecule has 1 unspecified atom stereocenters. The zero-order chi connectivity index (χ0) is 22.0. The molecule has 156 valence electrons. The largest absolute Gasteiger partial charge is 0.755 e. The average molecular weight is 435 g/mol. The van der Waals surface area contributed by atoms with Crippen LogP contribution in [0.5, 0.6) is 5.75 Å². The highest BCUT2D eigenvalue weighted by molar-refractivity contribution is 7.81. The molecule has 1 atom stereocenters. The summed E-state index contributed by atoms with van der Waals surface area (Å²) in [5.74, 6) is -1.24. The van der Waals surface area contributed by atoms with E-state index in [0.717, 1.165) is 27.2 Å². The van der Waals surface area contributed by atoms with Gasteiger partial charge in [-0.2, -0.15) is 0 Å². The molecule has 0 aromatic heterocycles. The van der Waals surface area contributed by atoms with Gasteiger partial charge in [-0.1, -0.05) is 30.3 Å². The molecule has 4 aromatic rings. The second kappa shape index (κ2) is 8.55. The van der Waals surface area contributed by atoms with Gasteiger partial charge in [0, 0.05) is 11.3 Å². The number of carbonyl (C=O) groups is 1. The molecule has 0 spiro atoms. The zero-order valence-corrected chi connectivity index (χ0v) is 16.8. The maximum Gasteiger partial charge on any atom is 0.255 e. The molecule has 0 aliphatic carbocycles. The van der Waals surface area contributed by atoms with Gasteiger partial charge in [0.2, 0.25) is 0 Å². The Hall–Kier alpha value is -3.75. The van der Waals surface area contributed by atoms with Gasteiger partial charge in [-0.3, -0.25) is 13.3 Å². The molecule has 0 heterocycles. The normalized spacial score (nSPS) is 11.8. The van der Waals surface area contributed by atoms with Crippen molar-refractivity contribution in [3.63, 3.8) is 0 Å². The summed E-state index contributed by atoms with van der Waals surface area (Å²) in [5, 5.41) is 14.9. The first-order chi connectivity index (χ1) is 14.9. The topological polar surface area (TPSA) is 92.7 Å². The summed E-state index contributed by atoms with van der Waals surface area (Å²) in [7, 11) is 0. The predicted octanol–water partition coefficient (Wildman–Crippen LogP) is 4.87. The Morgan fingerprint density at radius 1 is 0.935 bits per heavy atom. The van der Waals surface area contributed by atoms with Crippen LogP contribution in [0, 0.1) is 5.82 Å². The number of hydrogen-bond donors (Lipinski definition) is 2. The Kier molecular flexibility index (Phi) is 5.66. The first-order valence-corrected chi connectivity index (χ1v) is 10.2. The van der Waals surface area contributed by atoms with Gasteiger partial charge in [-0.25, -0.2) is 4.39 Å². The van der Waals surface area contributed by atoms with Gasteiger partial charge >= 0.3 is 0 Å². The lowest BCUT2D eigenvalue weighted by Crippen LogP contribution is -2.20. The van der Waals surface area contributed by atoms with Gasteiger partial charge in [0.1, 0.15) is 11.6 Å². The Balaban J connectivity index is 1.65. The molecule has 31 heavy (non-hydrogen) atoms. The van der Waals surface area contributed by atoms with Crippen LogP contribution in [0.2, 0.25) is 0 Å². The van der Waals surface area contributed by atoms with Gasteiger partial charge in [0.15, 0.2) is 0 Å². The molecule has 6 nitrogen and oxygen atoms in total. The first kappa shape index (κ1) is 20.5. The Morgan fingerprint density at radius 3 is 2.35 bits per heavy atom. The van der Waals surface area contributed by atoms with Gasteiger partial charge in [-0.15, -0.1) is 0 Å². The number of nitrogens with one attached hydrogen (secondary N) is 1. The fourth-order valence-corrected chi connectivity index (χ4v) is 3.78. The minimum atomic E-state index is -2.81. The molecular weight excluding hydrogens is 419 g/mol. The van der Waals surface area contributed by atoms with E-state index in [1.807, 2.05) is 30.3 Å². The summed E-state index contributed by atoms with van der Waals surface area (Å²) in [6.07, 6.45) is 0. The number of amides is 1. The predicted molar refractivity (Wildman–Crippen MR) is 117 cm³/mol. The van der Waals surface area contributed by atoms with Crippen LogP contribution in [0.4, 0.5) is 21.5 Å². The summed E-state index contributed by atoms with van der Waals surface area (Å²) in [6, 6.07) is 21.7. The minimum absolute atomic E-state index is 0.0868. The van der Waals surface area contributed by atoms with Gasteiger partial charge < -0.3 is 15.0 Å². The van der Waals surface area contributed by atoms with E-state index in [1.165, 1.54) is 30.3 Å². The van der Waals surface area contributed by atoms with E-state index in [4.69, 9.17) is 0 Å². The molecule has 4 rings (SSSR count). The maximum absolute atomic E-state index is 13.2. The van der Waals surface area contributed by atoms with Crippen LogP contribution in [0.1, 0.15) is 10.4 Å². The number of fused-ring (bicyclic) bond motifs is 1. The van der Waals surface area contributed by atoms with Crippen molar-refractivity contribution in [2.45, 2.75) is 0 Å². The number of rotatable bonds is 5. The van der Waals surface area contributed by atoms with E-state index in [2.05, 4.69) is 5.32 Å². The lowest BCUT2D eigenvalue weighted by atomic mass is 10.1. The maximum atomic E-state index is 13.2. The molecule has 0 fully saturated rings. The molecule has 0 aliphatic heterocycles. The van der Waals surface area contributed by atoms with E-state index < -0.39 is 17.1 Å². The fraction of sp³-hybridized carbons (Fsp3) is 0. The molecule has 0 saturated carbocycles. The monoisotopic (exact) mass is 435 g/mol. The number of anilines is 3. The molecule has 0 saturated heterocycles. The van der Waals surface area contributed by atoms with E-state index in [0.29, 0.717) is 5.56 Å². The Morgan fingerprint density at radius 2 is 1.65 bits per heavy atom.